The number of rotatable bonds is 4. The Morgan fingerprint density at radius 2 is 1.80 bits per heavy atom. The van der Waals surface area contributed by atoms with Gasteiger partial charge in [0.05, 0.1) is 0 Å². The Bertz CT molecular complexity index is 319. The predicted molar refractivity (Wildman–Crippen MR) is 80.8 cm³/mol. The quantitative estimate of drug-likeness (QED) is 0.832. The maximum atomic E-state index is 11.7. The summed E-state index contributed by atoms with van der Waals surface area (Å²) < 4.78 is 5.30. The second kappa shape index (κ2) is 6.79. The molecule has 4 nitrogen and oxygen atoms in total. The molecule has 2 aliphatic rings. The first-order chi connectivity index (χ1) is 9.44. The van der Waals surface area contributed by atoms with Crippen molar-refractivity contribution >= 4 is 6.09 Å². The third kappa shape index (κ3) is 4.97. The van der Waals surface area contributed by atoms with Gasteiger partial charge in [-0.3, -0.25) is 0 Å². The van der Waals surface area contributed by atoms with E-state index in [1.807, 2.05) is 20.8 Å². The minimum atomic E-state index is -0.415. The summed E-state index contributed by atoms with van der Waals surface area (Å²) in [7, 11) is 0. The topological polar surface area (TPSA) is 50.4 Å². The lowest BCUT2D eigenvalue weighted by Gasteiger charge is -2.26. The lowest BCUT2D eigenvalue weighted by atomic mass is 10.0. The number of ether oxygens (including phenoxy) is 1. The molecule has 2 N–H and O–H groups in total. The molecule has 2 atom stereocenters. The summed E-state index contributed by atoms with van der Waals surface area (Å²) in [6, 6.07) is 1.29. The molecule has 20 heavy (non-hydrogen) atoms. The molecule has 0 aromatic heterocycles. The Balaban J connectivity index is 1.72. The summed E-state index contributed by atoms with van der Waals surface area (Å²) in [6.07, 6.45) is 8.81. The Labute approximate surface area is 123 Å². The fraction of sp³-hybridized carbons (Fsp3) is 0.938. The van der Waals surface area contributed by atoms with E-state index in [2.05, 4.69) is 10.6 Å². The van der Waals surface area contributed by atoms with Crippen LogP contribution in [0.15, 0.2) is 0 Å². The molecule has 116 valence electrons. The molecule has 0 spiro atoms. The smallest absolute Gasteiger partial charge is 0.407 e. The Morgan fingerprint density at radius 3 is 2.45 bits per heavy atom. The number of hydrogen-bond acceptors (Lipinski definition) is 3. The van der Waals surface area contributed by atoms with Gasteiger partial charge >= 0.3 is 6.09 Å². The molecule has 4 heteroatoms. The first-order valence-electron chi connectivity index (χ1n) is 8.17. The molecule has 0 radical (unpaired) electrons. The molecule has 0 aromatic carbocycles. The molecule has 2 saturated carbocycles. The van der Waals surface area contributed by atoms with Gasteiger partial charge in [0.2, 0.25) is 0 Å². The van der Waals surface area contributed by atoms with E-state index in [0.29, 0.717) is 18.0 Å². The van der Waals surface area contributed by atoms with E-state index in [-0.39, 0.29) is 6.09 Å². The molecule has 2 rings (SSSR count). The van der Waals surface area contributed by atoms with Gasteiger partial charge in [0.1, 0.15) is 5.60 Å². The summed E-state index contributed by atoms with van der Waals surface area (Å²) in [5.74, 6) is 0.558. The lowest BCUT2D eigenvalue weighted by Crippen LogP contribution is -2.43. The van der Waals surface area contributed by atoms with Crippen LogP contribution in [0, 0.1) is 5.92 Å². The molecule has 2 aliphatic carbocycles. The van der Waals surface area contributed by atoms with E-state index in [4.69, 9.17) is 4.74 Å². The second-order valence-corrected chi connectivity index (χ2v) is 7.33. The Kier molecular flexibility index (Phi) is 5.30. The van der Waals surface area contributed by atoms with Crippen LogP contribution in [0.2, 0.25) is 0 Å². The molecule has 2 fully saturated rings. The largest absolute Gasteiger partial charge is 0.444 e. The minimum Gasteiger partial charge on any atom is -0.444 e. The fourth-order valence-corrected chi connectivity index (χ4v) is 3.42. The zero-order chi connectivity index (χ0) is 14.6. The van der Waals surface area contributed by atoms with Crippen LogP contribution in [0.1, 0.15) is 65.7 Å². The van der Waals surface area contributed by atoms with Crippen molar-refractivity contribution in [3.63, 3.8) is 0 Å². The molecule has 0 heterocycles. The van der Waals surface area contributed by atoms with Crippen molar-refractivity contribution in [1.82, 2.24) is 10.6 Å². The number of amides is 1. The van der Waals surface area contributed by atoms with Crippen LogP contribution in [0.3, 0.4) is 0 Å². The monoisotopic (exact) mass is 282 g/mol. The van der Waals surface area contributed by atoms with Crippen molar-refractivity contribution in [2.24, 2.45) is 5.92 Å². The predicted octanol–water partition coefficient (Wildman–Crippen LogP) is 3.21. The maximum absolute atomic E-state index is 11.7. The summed E-state index contributed by atoms with van der Waals surface area (Å²) in [5.41, 5.74) is -0.415. The highest BCUT2D eigenvalue weighted by Crippen LogP contribution is 2.28. The SMILES string of the molecule is CC(C)(C)OC(=O)NCC1CCCC1NC1CCCC1. The molecule has 0 aromatic rings. The van der Waals surface area contributed by atoms with Crippen LogP contribution in [0.4, 0.5) is 4.79 Å². The van der Waals surface area contributed by atoms with Crippen LogP contribution in [-0.2, 0) is 4.74 Å². The Morgan fingerprint density at radius 1 is 1.10 bits per heavy atom. The first kappa shape index (κ1) is 15.6. The van der Waals surface area contributed by atoms with Crippen LogP contribution in [0.5, 0.6) is 0 Å². The van der Waals surface area contributed by atoms with Crippen molar-refractivity contribution in [1.29, 1.82) is 0 Å². The van der Waals surface area contributed by atoms with Crippen LogP contribution in [-0.4, -0.2) is 30.3 Å². The maximum Gasteiger partial charge on any atom is 0.407 e. The van der Waals surface area contributed by atoms with Gasteiger partial charge in [-0.1, -0.05) is 19.3 Å². The van der Waals surface area contributed by atoms with E-state index in [1.165, 1.54) is 44.9 Å². The van der Waals surface area contributed by atoms with Crippen LogP contribution < -0.4 is 10.6 Å². The molecule has 0 saturated heterocycles. The second-order valence-electron chi connectivity index (χ2n) is 7.33. The van der Waals surface area contributed by atoms with Crippen molar-refractivity contribution < 1.29 is 9.53 Å². The highest BCUT2D eigenvalue weighted by atomic mass is 16.6. The number of carbonyl (C=O) groups excluding carboxylic acids is 1. The highest BCUT2D eigenvalue weighted by Gasteiger charge is 2.30. The summed E-state index contributed by atoms with van der Waals surface area (Å²) in [5, 5.41) is 6.74. The van der Waals surface area contributed by atoms with Gasteiger partial charge in [-0.25, -0.2) is 4.79 Å². The number of hydrogen-bond donors (Lipinski definition) is 2. The fourth-order valence-electron chi connectivity index (χ4n) is 3.42. The summed E-state index contributed by atoms with van der Waals surface area (Å²) >= 11 is 0. The van der Waals surface area contributed by atoms with Gasteiger partial charge in [-0.15, -0.1) is 0 Å². The van der Waals surface area contributed by atoms with Gasteiger partial charge in [-0.05, 0) is 52.4 Å². The van der Waals surface area contributed by atoms with E-state index in [1.54, 1.807) is 0 Å². The molecular weight excluding hydrogens is 252 g/mol. The average molecular weight is 282 g/mol. The number of alkyl carbamates (subject to hydrolysis) is 1. The van der Waals surface area contributed by atoms with Gasteiger partial charge in [-0.2, -0.15) is 0 Å². The standard InChI is InChI=1S/C16H30N2O2/c1-16(2,3)20-15(19)17-11-12-7-6-10-14(12)18-13-8-4-5-9-13/h12-14,18H,4-11H2,1-3H3,(H,17,19). The summed E-state index contributed by atoms with van der Waals surface area (Å²) in [6.45, 7) is 6.42. The van der Waals surface area contributed by atoms with Crippen molar-refractivity contribution in [3.8, 4) is 0 Å². The third-order valence-electron chi connectivity index (χ3n) is 4.37. The minimum absolute atomic E-state index is 0.288. The van der Waals surface area contributed by atoms with Crippen LogP contribution in [0.25, 0.3) is 0 Å². The molecule has 1 amide bonds. The molecular formula is C16H30N2O2. The number of carbonyl (C=O) groups is 1. The zero-order valence-electron chi connectivity index (χ0n) is 13.2. The molecule has 0 bridgehead atoms. The van der Waals surface area contributed by atoms with Crippen molar-refractivity contribution in [2.45, 2.75) is 83.4 Å². The van der Waals surface area contributed by atoms with Gasteiger partial charge in [0.15, 0.2) is 0 Å². The molecule has 0 aliphatic heterocycles. The average Bonchev–Trinajstić information content (AvgIpc) is 2.96. The first-order valence-corrected chi connectivity index (χ1v) is 8.17. The van der Waals surface area contributed by atoms with Crippen molar-refractivity contribution in [2.75, 3.05) is 6.54 Å². The van der Waals surface area contributed by atoms with Gasteiger partial charge in [0.25, 0.3) is 0 Å². The summed E-state index contributed by atoms with van der Waals surface area (Å²) in [4.78, 5) is 11.7. The highest BCUT2D eigenvalue weighted by molar-refractivity contribution is 5.67. The lowest BCUT2D eigenvalue weighted by molar-refractivity contribution is 0.0517. The normalized spacial score (nSPS) is 27.8. The third-order valence-corrected chi connectivity index (χ3v) is 4.37. The van der Waals surface area contributed by atoms with E-state index in [9.17, 15) is 4.79 Å². The van der Waals surface area contributed by atoms with Crippen molar-refractivity contribution in [3.05, 3.63) is 0 Å². The zero-order valence-corrected chi connectivity index (χ0v) is 13.2. The number of nitrogens with one attached hydrogen (secondary N) is 2. The van der Waals surface area contributed by atoms with Crippen LogP contribution >= 0.6 is 0 Å². The van der Waals surface area contributed by atoms with E-state index < -0.39 is 5.60 Å². The van der Waals surface area contributed by atoms with E-state index >= 15 is 0 Å². The Hall–Kier alpha value is -0.770. The van der Waals surface area contributed by atoms with E-state index in [0.717, 1.165) is 6.54 Å². The molecule has 2 unspecified atom stereocenters. The van der Waals surface area contributed by atoms with Gasteiger partial charge < -0.3 is 15.4 Å². The van der Waals surface area contributed by atoms with Gasteiger partial charge in [0, 0.05) is 18.6 Å².